The van der Waals surface area contributed by atoms with Crippen LogP contribution in [0, 0.1) is 11.6 Å². The Balaban J connectivity index is 2.27. The highest BCUT2D eigenvalue weighted by atomic mass is 19.1. The van der Waals surface area contributed by atoms with Crippen molar-refractivity contribution in [3.8, 4) is 5.75 Å². The predicted octanol–water partition coefficient (Wildman–Crippen LogP) is 3.77. The van der Waals surface area contributed by atoms with Crippen LogP contribution in [0.3, 0.4) is 0 Å². The molecule has 2 nitrogen and oxygen atoms in total. The second-order valence-corrected chi connectivity index (χ2v) is 5.07. The third-order valence-corrected chi connectivity index (χ3v) is 2.93. The summed E-state index contributed by atoms with van der Waals surface area (Å²) in [5, 5.41) is 9.85. The van der Waals surface area contributed by atoms with Crippen LogP contribution in [0.5, 0.6) is 5.75 Å². The van der Waals surface area contributed by atoms with E-state index in [0.29, 0.717) is 0 Å². The van der Waals surface area contributed by atoms with Crippen LogP contribution in [0.25, 0.3) is 0 Å². The predicted molar refractivity (Wildman–Crippen MR) is 72.4 cm³/mol. The zero-order chi connectivity index (χ0) is 14.8. The minimum atomic E-state index is -1.40. The van der Waals surface area contributed by atoms with Gasteiger partial charge in [-0.2, -0.15) is 0 Å². The van der Waals surface area contributed by atoms with E-state index in [1.165, 1.54) is 19.9 Å². The van der Waals surface area contributed by atoms with Crippen LogP contribution in [0.1, 0.15) is 25.0 Å². The maximum Gasteiger partial charge on any atom is 0.191 e. The first-order valence-corrected chi connectivity index (χ1v) is 6.27. The Morgan fingerprint density at radius 1 is 1.05 bits per heavy atom. The number of hydrogen-bond donors (Lipinski definition) is 1. The lowest BCUT2D eigenvalue weighted by Crippen LogP contribution is -2.18. The molecule has 0 amide bonds. The SMILES string of the molecule is CC(C)(O)c1ccc(F)c(OCc2ccccc2)c1F. The molecule has 0 bridgehead atoms. The van der Waals surface area contributed by atoms with E-state index in [1.54, 1.807) is 12.1 Å². The normalized spacial score (nSPS) is 11.4. The number of halogens is 2. The topological polar surface area (TPSA) is 29.5 Å². The van der Waals surface area contributed by atoms with Crippen LogP contribution in [0.15, 0.2) is 42.5 Å². The molecule has 0 unspecified atom stereocenters. The first-order chi connectivity index (χ1) is 9.39. The molecule has 0 aromatic heterocycles. The lowest BCUT2D eigenvalue weighted by Gasteiger charge is -2.20. The Morgan fingerprint density at radius 2 is 1.70 bits per heavy atom. The van der Waals surface area contributed by atoms with Crippen LogP contribution in [0.2, 0.25) is 0 Å². The molecule has 2 aromatic rings. The summed E-state index contributed by atoms with van der Waals surface area (Å²) in [4.78, 5) is 0. The van der Waals surface area contributed by atoms with Crippen molar-refractivity contribution in [2.45, 2.75) is 26.1 Å². The van der Waals surface area contributed by atoms with Crippen molar-refractivity contribution >= 4 is 0 Å². The Morgan fingerprint density at radius 3 is 2.30 bits per heavy atom. The Kier molecular flexibility index (Phi) is 4.04. The van der Waals surface area contributed by atoms with Gasteiger partial charge in [-0.05, 0) is 25.5 Å². The van der Waals surface area contributed by atoms with Gasteiger partial charge in [0.1, 0.15) is 6.61 Å². The van der Waals surface area contributed by atoms with Gasteiger partial charge in [0.05, 0.1) is 5.60 Å². The minimum absolute atomic E-state index is 0.00182. The number of rotatable bonds is 4. The Bertz CT molecular complexity index is 589. The maximum absolute atomic E-state index is 14.2. The van der Waals surface area contributed by atoms with Crippen LogP contribution >= 0.6 is 0 Å². The molecule has 0 fully saturated rings. The van der Waals surface area contributed by atoms with Crippen molar-refractivity contribution in [1.82, 2.24) is 0 Å². The third kappa shape index (κ3) is 3.14. The molecule has 0 aliphatic carbocycles. The van der Waals surface area contributed by atoms with Crippen molar-refractivity contribution in [3.63, 3.8) is 0 Å². The zero-order valence-corrected chi connectivity index (χ0v) is 11.4. The smallest absolute Gasteiger partial charge is 0.191 e. The molecule has 0 aliphatic heterocycles. The molecule has 4 heteroatoms. The second kappa shape index (κ2) is 5.59. The number of aliphatic hydroxyl groups is 1. The molecular weight excluding hydrogens is 262 g/mol. The molecule has 0 aliphatic rings. The van der Waals surface area contributed by atoms with E-state index in [9.17, 15) is 13.9 Å². The maximum atomic E-state index is 14.2. The molecule has 0 spiro atoms. The van der Waals surface area contributed by atoms with E-state index in [0.717, 1.165) is 11.6 Å². The highest BCUT2D eigenvalue weighted by Crippen LogP contribution is 2.31. The molecule has 2 rings (SSSR count). The van der Waals surface area contributed by atoms with Crippen molar-refractivity contribution < 1.29 is 18.6 Å². The van der Waals surface area contributed by atoms with Crippen molar-refractivity contribution in [1.29, 1.82) is 0 Å². The van der Waals surface area contributed by atoms with Gasteiger partial charge in [0.2, 0.25) is 0 Å². The van der Waals surface area contributed by atoms with Gasteiger partial charge >= 0.3 is 0 Å². The molecule has 0 saturated heterocycles. The molecule has 1 N–H and O–H groups in total. The van der Waals surface area contributed by atoms with Crippen LogP contribution in [0.4, 0.5) is 8.78 Å². The fraction of sp³-hybridized carbons (Fsp3) is 0.250. The van der Waals surface area contributed by atoms with E-state index in [2.05, 4.69) is 0 Å². The van der Waals surface area contributed by atoms with E-state index >= 15 is 0 Å². The van der Waals surface area contributed by atoms with Crippen molar-refractivity contribution in [2.75, 3.05) is 0 Å². The highest BCUT2D eigenvalue weighted by molar-refractivity contribution is 5.35. The lowest BCUT2D eigenvalue weighted by atomic mass is 9.97. The summed E-state index contributed by atoms with van der Waals surface area (Å²) in [5.74, 6) is -2.12. The van der Waals surface area contributed by atoms with Crippen molar-refractivity contribution in [3.05, 3.63) is 65.2 Å². The van der Waals surface area contributed by atoms with Gasteiger partial charge in [-0.1, -0.05) is 36.4 Å². The van der Waals surface area contributed by atoms with Gasteiger partial charge in [0.25, 0.3) is 0 Å². The minimum Gasteiger partial charge on any atom is -0.483 e. The standard InChI is InChI=1S/C16H16F2O2/c1-16(2,19)12-8-9-13(17)15(14(12)18)20-10-11-6-4-3-5-7-11/h3-9,19H,10H2,1-2H3. The summed E-state index contributed by atoms with van der Waals surface area (Å²) in [6, 6.07) is 11.4. The molecular formula is C16H16F2O2. The van der Waals surface area contributed by atoms with Gasteiger partial charge in [-0.25, -0.2) is 8.78 Å². The largest absolute Gasteiger partial charge is 0.483 e. The van der Waals surface area contributed by atoms with Crippen LogP contribution in [-0.4, -0.2) is 5.11 Å². The van der Waals surface area contributed by atoms with E-state index in [-0.39, 0.29) is 12.2 Å². The Hall–Kier alpha value is -1.94. The van der Waals surface area contributed by atoms with E-state index in [1.807, 2.05) is 18.2 Å². The van der Waals surface area contributed by atoms with Gasteiger partial charge in [-0.3, -0.25) is 0 Å². The molecule has 0 saturated carbocycles. The van der Waals surface area contributed by atoms with Gasteiger partial charge in [-0.15, -0.1) is 0 Å². The summed E-state index contributed by atoms with van der Waals surface area (Å²) in [6.07, 6.45) is 0. The zero-order valence-electron chi connectivity index (χ0n) is 11.4. The molecule has 0 heterocycles. The summed E-state index contributed by atoms with van der Waals surface area (Å²) >= 11 is 0. The van der Waals surface area contributed by atoms with E-state index in [4.69, 9.17) is 4.74 Å². The van der Waals surface area contributed by atoms with Gasteiger partial charge in [0, 0.05) is 5.56 Å². The monoisotopic (exact) mass is 278 g/mol. The molecule has 106 valence electrons. The summed E-state index contributed by atoms with van der Waals surface area (Å²) < 4.78 is 33.1. The van der Waals surface area contributed by atoms with Crippen LogP contribution in [-0.2, 0) is 12.2 Å². The second-order valence-electron chi connectivity index (χ2n) is 5.07. The lowest BCUT2D eigenvalue weighted by molar-refractivity contribution is 0.0734. The summed E-state index contributed by atoms with van der Waals surface area (Å²) in [7, 11) is 0. The van der Waals surface area contributed by atoms with E-state index < -0.39 is 23.0 Å². The van der Waals surface area contributed by atoms with Gasteiger partial charge in [0.15, 0.2) is 17.4 Å². The average Bonchev–Trinajstić information content (AvgIpc) is 2.38. The Labute approximate surface area is 116 Å². The third-order valence-electron chi connectivity index (χ3n) is 2.93. The summed E-state index contributed by atoms with van der Waals surface area (Å²) in [6.45, 7) is 2.93. The highest BCUT2D eigenvalue weighted by Gasteiger charge is 2.25. The molecule has 0 radical (unpaired) electrons. The van der Waals surface area contributed by atoms with Gasteiger partial charge < -0.3 is 9.84 Å². The quantitative estimate of drug-likeness (QED) is 0.922. The first-order valence-electron chi connectivity index (χ1n) is 6.27. The first kappa shape index (κ1) is 14.5. The summed E-state index contributed by atoms with van der Waals surface area (Å²) in [5.41, 5.74) is -0.593. The van der Waals surface area contributed by atoms with Crippen molar-refractivity contribution in [2.24, 2.45) is 0 Å². The number of ether oxygens (including phenoxy) is 1. The fourth-order valence-electron chi connectivity index (χ4n) is 1.87. The fourth-order valence-corrected chi connectivity index (χ4v) is 1.87. The van der Waals surface area contributed by atoms with Crippen LogP contribution < -0.4 is 4.74 Å². The molecule has 2 aromatic carbocycles. The molecule has 0 atom stereocenters. The molecule has 20 heavy (non-hydrogen) atoms. The average molecular weight is 278 g/mol. The number of hydrogen-bond acceptors (Lipinski definition) is 2. The number of benzene rings is 2.